The molecule has 0 heteroatoms. The minimum absolute atomic E-state index is 0.468. The lowest BCUT2D eigenvalue weighted by atomic mass is 9.76. The Morgan fingerprint density at radius 1 is 1.25 bits per heavy atom. The van der Waals surface area contributed by atoms with Gasteiger partial charge in [0.05, 0.1) is 0 Å². The van der Waals surface area contributed by atoms with Gasteiger partial charge in [0.2, 0.25) is 0 Å². The van der Waals surface area contributed by atoms with Gasteiger partial charge in [0.1, 0.15) is 0 Å². The molecule has 0 aliphatic rings. The maximum atomic E-state index is 2.34. The highest BCUT2D eigenvalue weighted by atomic mass is 14.3. The molecule has 0 aliphatic carbocycles. The topological polar surface area (TPSA) is 0 Å². The van der Waals surface area contributed by atoms with Crippen LogP contribution in [0.1, 0.15) is 53.9 Å². The maximum Gasteiger partial charge on any atom is -0.0317 e. The van der Waals surface area contributed by atoms with Crippen molar-refractivity contribution < 1.29 is 0 Å². The first kappa shape index (κ1) is 11.7. The van der Waals surface area contributed by atoms with Crippen LogP contribution >= 0.6 is 0 Å². The Hall–Kier alpha value is -0.260. The predicted octanol–water partition coefficient (Wildman–Crippen LogP) is 4.42. The summed E-state index contributed by atoms with van der Waals surface area (Å²) in [5.41, 5.74) is 0.468. The van der Waals surface area contributed by atoms with Crippen LogP contribution in [0.5, 0.6) is 0 Å². The van der Waals surface area contributed by atoms with Crippen molar-refractivity contribution in [3.05, 3.63) is 12.2 Å². The van der Waals surface area contributed by atoms with Gasteiger partial charge in [-0.05, 0) is 31.1 Å². The third kappa shape index (κ3) is 4.58. The number of hydrogen-bond acceptors (Lipinski definition) is 0. The van der Waals surface area contributed by atoms with E-state index in [0.717, 1.165) is 5.92 Å². The van der Waals surface area contributed by atoms with E-state index >= 15 is 0 Å². The summed E-state index contributed by atoms with van der Waals surface area (Å²) < 4.78 is 0. The summed E-state index contributed by atoms with van der Waals surface area (Å²) in [6.45, 7) is 11.4. The molecule has 0 fully saturated rings. The molecule has 0 aromatic carbocycles. The Labute approximate surface area is 78.1 Å². The second-order valence-electron chi connectivity index (χ2n) is 4.66. The Kier molecular flexibility index (Phi) is 5.28. The standard InChI is InChI=1S/C12H24/c1-6-8-10-11(9-7-2)12(3,4)5/h6,8,11H,7,9-10H2,1-5H3. The Morgan fingerprint density at radius 2 is 1.83 bits per heavy atom. The molecule has 1 atom stereocenters. The number of rotatable bonds is 4. The van der Waals surface area contributed by atoms with E-state index in [1.165, 1.54) is 19.3 Å². The fourth-order valence-electron chi connectivity index (χ4n) is 1.55. The van der Waals surface area contributed by atoms with E-state index in [0.29, 0.717) is 5.41 Å². The van der Waals surface area contributed by atoms with Crippen molar-refractivity contribution in [2.24, 2.45) is 11.3 Å². The first-order chi connectivity index (χ1) is 5.52. The molecular weight excluding hydrogens is 144 g/mol. The molecule has 0 spiro atoms. The molecule has 0 saturated carbocycles. The minimum atomic E-state index is 0.468. The van der Waals surface area contributed by atoms with Gasteiger partial charge in [-0.25, -0.2) is 0 Å². The first-order valence-electron chi connectivity index (χ1n) is 5.13. The van der Waals surface area contributed by atoms with Crippen molar-refractivity contribution in [3.8, 4) is 0 Å². The third-order valence-electron chi connectivity index (χ3n) is 2.52. The van der Waals surface area contributed by atoms with E-state index in [1.54, 1.807) is 0 Å². The highest BCUT2D eigenvalue weighted by molar-refractivity contribution is 4.85. The van der Waals surface area contributed by atoms with Crippen LogP contribution in [0.25, 0.3) is 0 Å². The van der Waals surface area contributed by atoms with Crippen molar-refractivity contribution in [1.82, 2.24) is 0 Å². The van der Waals surface area contributed by atoms with Crippen molar-refractivity contribution in [2.75, 3.05) is 0 Å². The molecule has 0 aromatic heterocycles. The first-order valence-corrected chi connectivity index (χ1v) is 5.13. The fourth-order valence-corrected chi connectivity index (χ4v) is 1.55. The molecule has 12 heavy (non-hydrogen) atoms. The van der Waals surface area contributed by atoms with Crippen LogP contribution in [-0.2, 0) is 0 Å². The van der Waals surface area contributed by atoms with Gasteiger partial charge < -0.3 is 0 Å². The Morgan fingerprint density at radius 3 is 2.17 bits per heavy atom. The second-order valence-corrected chi connectivity index (χ2v) is 4.66. The highest BCUT2D eigenvalue weighted by Crippen LogP contribution is 2.32. The predicted molar refractivity (Wildman–Crippen MR) is 57.3 cm³/mol. The van der Waals surface area contributed by atoms with Crippen molar-refractivity contribution in [1.29, 1.82) is 0 Å². The molecule has 0 aromatic rings. The van der Waals surface area contributed by atoms with E-state index < -0.39 is 0 Å². The van der Waals surface area contributed by atoms with Crippen LogP contribution in [0.4, 0.5) is 0 Å². The van der Waals surface area contributed by atoms with Gasteiger partial charge in [0, 0.05) is 0 Å². The number of allylic oxidation sites excluding steroid dienone is 2. The van der Waals surface area contributed by atoms with Crippen molar-refractivity contribution >= 4 is 0 Å². The molecule has 0 nitrogen and oxygen atoms in total. The van der Waals surface area contributed by atoms with Crippen LogP contribution in [0.15, 0.2) is 12.2 Å². The summed E-state index contributed by atoms with van der Waals surface area (Å²) in [6.07, 6.45) is 8.36. The van der Waals surface area contributed by atoms with Gasteiger partial charge in [0.15, 0.2) is 0 Å². The molecule has 1 unspecified atom stereocenters. The summed E-state index contributed by atoms with van der Waals surface area (Å²) in [4.78, 5) is 0. The van der Waals surface area contributed by atoms with Crippen LogP contribution < -0.4 is 0 Å². The second kappa shape index (κ2) is 5.40. The van der Waals surface area contributed by atoms with Gasteiger partial charge >= 0.3 is 0 Å². The van der Waals surface area contributed by atoms with Crippen LogP contribution in [0.2, 0.25) is 0 Å². The summed E-state index contributed by atoms with van der Waals surface area (Å²) in [7, 11) is 0. The number of hydrogen-bond donors (Lipinski definition) is 0. The zero-order chi connectivity index (χ0) is 9.61. The summed E-state index contributed by atoms with van der Waals surface area (Å²) >= 11 is 0. The lowest BCUT2D eigenvalue weighted by Gasteiger charge is -2.29. The fraction of sp³-hybridized carbons (Fsp3) is 0.833. The molecule has 0 N–H and O–H groups in total. The zero-order valence-electron chi connectivity index (χ0n) is 9.35. The quantitative estimate of drug-likeness (QED) is 0.545. The normalized spacial score (nSPS) is 15.4. The minimum Gasteiger partial charge on any atom is -0.0917 e. The summed E-state index contributed by atoms with van der Waals surface area (Å²) in [5, 5.41) is 0. The third-order valence-corrected chi connectivity index (χ3v) is 2.52. The van der Waals surface area contributed by atoms with Crippen LogP contribution in [-0.4, -0.2) is 0 Å². The molecule has 0 radical (unpaired) electrons. The lowest BCUT2D eigenvalue weighted by molar-refractivity contribution is 0.226. The van der Waals surface area contributed by atoms with Gasteiger partial charge in [-0.1, -0.05) is 46.3 Å². The van der Waals surface area contributed by atoms with E-state index in [1.807, 2.05) is 0 Å². The van der Waals surface area contributed by atoms with Crippen molar-refractivity contribution in [2.45, 2.75) is 53.9 Å². The summed E-state index contributed by atoms with van der Waals surface area (Å²) in [5.74, 6) is 0.846. The maximum absolute atomic E-state index is 2.34. The Balaban J connectivity index is 4.03. The monoisotopic (exact) mass is 168 g/mol. The molecule has 0 aliphatic heterocycles. The molecule has 72 valence electrons. The molecule has 0 rings (SSSR count). The molecule has 0 heterocycles. The van der Waals surface area contributed by atoms with E-state index in [9.17, 15) is 0 Å². The average molecular weight is 168 g/mol. The van der Waals surface area contributed by atoms with Gasteiger partial charge in [-0.2, -0.15) is 0 Å². The van der Waals surface area contributed by atoms with E-state index in [4.69, 9.17) is 0 Å². The lowest BCUT2D eigenvalue weighted by Crippen LogP contribution is -2.19. The molecule has 0 amide bonds. The largest absolute Gasteiger partial charge is 0.0917 e. The molecule has 0 saturated heterocycles. The van der Waals surface area contributed by atoms with Crippen molar-refractivity contribution in [3.63, 3.8) is 0 Å². The zero-order valence-corrected chi connectivity index (χ0v) is 9.35. The smallest absolute Gasteiger partial charge is 0.0317 e. The van der Waals surface area contributed by atoms with E-state index in [2.05, 4.69) is 46.8 Å². The molecular formula is C12H24. The highest BCUT2D eigenvalue weighted by Gasteiger charge is 2.21. The van der Waals surface area contributed by atoms with Gasteiger partial charge in [-0.15, -0.1) is 0 Å². The van der Waals surface area contributed by atoms with Gasteiger partial charge in [-0.3, -0.25) is 0 Å². The SMILES string of the molecule is CC=CCC(CCC)C(C)(C)C. The van der Waals surface area contributed by atoms with Crippen LogP contribution in [0, 0.1) is 11.3 Å². The van der Waals surface area contributed by atoms with Crippen LogP contribution in [0.3, 0.4) is 0 Å². The van der Waals surface area contributed by atoms with E-state index in [-0.39, 0.29) is 0 Å². The van der Waals surface area contributed by atoms with Gasteiger partial charge in [0.25, 0.3) is 0 Å². The molecule has 0 bridgehead atoms. The average Bonchev–Trinajstić information content (AvgIpc) is 1.95. The Bertz CT molecular complexity index is 125. The summed E-state index contributed by atoms with van der Waals surface area (Å²) in [6, 6.07) is 0.